The topological polar surface area (TPSA) is 49.9 Å². The summed E-state index contributed by atoms with van der Waals surface area (Å²) in [5.74, 6) is 0.472. The molecule has 0 bridgehead atoms. The van der Waals surface area contributed by atoms with E-state index in [4.69, 9.17) is 4.74 Å². The Morgan fingerprint density at radius 2 is 2.11 bits per heavy atom. The molecule has 3 aliphatic rings. The monoisotopic (exact) mass is 404 g/mol. The van der Waals surface area contributed by atoms with Crippen molar-refractivity contribution in [3.8, 4) is 0 Å². The summed E-state index contributed by atoms with van der Waals surface area (Å²) in [6.45, 7) is 8.25. The first-order valence-corrected chi connectivity index (χ1v) is 11.6. The predicted molar refractivity (Wildman–Crippen MR) is 111 cm³/mol. The van der Waals surface area contributed by atoms with E-state index in [1.165, 1.54) is 10.4 Å². The van der Waals surface area contributed by atoms with Crippen molar-refractivity contribution in [2.45, 2.75) is 64.9 Å². The zero-order valence-electron chi connectivity index (χ0n) is 17.2. The van der Waals surface area contributed by atoms with Crippen LogP contribution < -0.4 is 0 Å². The van der Waals surface area contributed by atoms with Gasteiger partial charge in [-0.3, -0.25) is 9.59 Å². The molecule has 1 unspecified atom stereocenters. The van der Waals surface area contributed by atoms with Crippen molar-refractivity contribution in [1.29, 1.82) is 0 Å². The minimum absolute atomic E-state index is 0.182. The third-order valence-corrected chi connectivity index (χ3v) is 7.95. The van der Waals surface area contributed by atoms with Crippen molar-refractivity contribution in [1.82, 2.24) is 9.80 Å². The minimum atomic E-state index is 0.182. The highest BCUT2D eigenvalue weighted by Gasteiger charge is 2.42. The summed E-state index contributed by atoms with van der Waals surface area (Å²) in [7, 11) is 0. The summed E-state index contributed by atoms with van der Waals surface area (Å²) in [5, 5.41) is 2.03. The lowest BCUT2D eigenvalue weighted by atomic mass is 9.72. The second-order valence-electron chi connectivity index (χ2n) is 8.74. The number of thiophene rings is 1. The molecule has 3 aliphatic heterocycles. The van der Waals surface area contributed by atoms with Crippen LogP contribution in [0.15, 0.2) is 5.38 Å². The lowest BCUT2D eigenvalue weighted by molar-refractivity contribution is -0.141. The summed E-state index contributed by atoms with van der Waals surface area (Å²) in [4.78, 5) is 30.9. The van der Waals surface area contributed by atoms with Crippen LogP contribution in [0.25, 0.3) is 0 Å². The standard InChI is InChI=1S/C22H32N2O3S/c1-3-18-16(2)28-14-19(18)21(26)23-10-8-22(9-11-23)7-6-20(25)24(15-22)13-17-5-4-12-27-17/h14,17H,3-13,15H2,1-2H3. The first kappa shape index (κ1) is 19.9. The molecule has 1 spiro atoms. The van der Waals surface area contributed by atoms with Crippen LogP contribution in [0, 0.1) is 12.3 Å². The van der Waals surface area contributed by atoms with E-state index in [0.29, 0.717) is 6.42 Å². The Kier molecular flexibility index (Phi) is 5.79. The van der Waals surface area contributed by atoms with Gasteiger partial charge in [0.1, 0.15) is 0 Å². The van der Waals surface area contributed by atoms with Crippen LogP contribution in [-0.2, 0) is 16.0 Å². The van der Waals surface area contributed by atoms with Crippen LogP contribution in [0.5, 0.6) is 0 Å². The fourth-order valence-electron chi connectivity index (χ4n) is 5.16. The number of rotatable bonds is 4. The van der Waals surface area contributed by atoms with Gasteiger partial charge in [0.15, 0.2) is 0 Å². The van der Waals surface area contributed by atoms with Crippen LogP contribution in [0.2, 0.25) is 0 Å². The molecular weight excluding hydrogens is 372 g/mol. The number of carbonyl (C=O) groups is 2. The maximum Gasteiger partial charge on any atom is 0.254 e. The number of carbonyl (C=O) groups excluding carboxylic acids is 2. The Morgan fingerprint density at radius 1 is 1.32 bits per heavy atom. The zero-order valence-corrected chi connectivity index (χ0v) is 18.0. The van der Waals surface area contributed by atoms with E-state index in [0.717, 1.165) is 76.9 Å². The molecule has 0 N–H and O–H groups in total. The second-order valence-corrected chi connectivity index (χ2v) is 9.82. The Balaban J connectivity index is 1.38. The first-order valence-electron chi connectivity index (χ1n) is 10.8. The summed E-state index contributed by atoms with van der Waals surface area (Å²) in [5.41, 5.74) is 2.29. The van der Waals surface area contributed by atoms with Gasteiger partial charge in [-0.05, 0) is 56.4 Å². The lowest BCUT2D eigenvalue weighted by Crippen LogP contribution is -2.53. The second kappa shape index (κ2) is 8.15. The highest BCUT2D eigenvalue weighted by Crippen LogP contribution is 2.41. The van der Waals surface area contributed by atoms with Crippen LogP contribution in [0.4, 0.5) is 0 Å². The third-order valence-electron chi connectivity index (χ3n) is 7.00. The molecule has 0 aromatic carbocycles. The Labute approximate surface area is 172 Å². The largest absolute Gasteiger partial charge is 0.376 e. The minimum Gasteiger partial charge on any atom is -0.376 e. The van der Waals surface area contributed by atoms with Crippen molar-refractivity contribution in [2.24, 2.45) is 5.41 Å². The molecule has 28 heavy (non-hydrogen) atoms. The van der Waals surface area contributed by atoms with Crippen LogP contribution in [0.3, 0.4) is 0 Å². The van der Waals surface area contributed by atoms with Crippen LogP contribution in [-0.4, -0.2) is 60.5 Å². The van der Waals surface area contributed by atoms with E-state index in [1.807, 2.05) is 15.2 Å². The van der Waals surface area contributed by atoms with Gasteiger partial charge in [-0.1, -0.05) is 6.92 Å². The van der Waals surface area contributed by atoms with Gasteiger partial charge in [0.2, 0.25) is 5.91 Å². The molecule has 154 valence electrons. The summed E-state index contributed by atoms with van der Waals surface area (Å²) < 4.78 is 5.76. The average Bonchev–Trinajstić information content (AvgIpc) is 3.34. The molecule has 3 fully saturated rings. The van der Waals surface area contributed by atoms with Crippen LogP contribution in [0.1, 0.15) is 66.2 Å². The number of hydrogen-bond acceptors (Lipinski definition) is 4. The van der Waals surface area contributed by atoms with Crippen LogP contribution >= 0.6 is 11.3 Å². The van der Waals surface area contributed by atoms with Crippen molar-refractivity contribution >= 4 is 23.2 Å². The van der Waals surface area contributed by atoms with Gasteiger partial charge in [0, 0.05) is 49.5 Å². The lowest BCUT2D eigenvalue weighted by Gasteiger charge is -2.47. The van der Waals surface area contributed by atoms with Crippen molar-refractivity contribution < 1.29 is 14.3 Å². The molecule has 0 radical (unpaired) electrons. The molecule has 3 saturated heterocycles. The molecule has 4 rings (SSSR count). The number of hydrogen-bond donors (Lipinski definition) is 0. The molecule has 1 aromatic heterocycles. The Morgan fingerprint density at radius 3 is 2.79 bits per heavy atom. The summed E-state index contributed by atoms with van der Waals surface area (Å²) in [6, 6.07) is 0. The number of likely N-dealkylation sites (tertiary alicyclic amines) is 2. The Bertz CT molecular complexity index is 730. The molecule has 1 atom stereocenters. The zero-order chi connectivity index (χ0) is 19.7. The fourth-order valence-corrected chi connectivity index (χ4v) is 6.10. The van der Waals surface area contributed by atoms with Gasteiger partial charge in [-0.2, -0.15) is 0 Å². The number of amides is 2. The van der Waals surface area contributed by atoms with E-state index in [-0.39, 0.29) is 23.3 Å². The Hall–Kier alpha value is -1.40. The normalized spacial score (nSPS) is 24.9. The van der Waals surface area contributed by atoms with Crippen molar-refractivity contribution in [2.75, 3.05) is 32.8 Å². The van der Waals surface area contributed by atoms with Gasteiger partial charge in [-0.15, -0.1) is 11.3 Å². The van der Waals surface area contributed by atoms with E-state index in [2.05, 4.69) is 13.8 Å². The fraction of sp³-hybridized carbons (Fsp3) is 0.727. The highest BCUT2D eigenvalue weighted by molar-refractivity contribution is 7.10. The average molecular weight is 405 g/mol. The smallest absolute Gasteiger partial charge is 0.254 e. The number of ether oxygens (including phenoxy) is 1. The van der Waals surface area contributed by atoms with E-state index in [1.54, 1.807) is 11.3 Å². The molecule has 2 amide bonds. The molecule has 5 nitrogen and oxygen atoms in total. The molecule has 4 heterocycles. The molecule has 0 aliphatic carbocycles. The maximum absolute atomic E-state index is 13.1. The quantitative estimate of drug-likeness (QED) is 0.770. The van der Waals surface area contributed by atoms with Crippen molar-refractivity contribution in [3.05, 3.63) is 21.4 Å². The molecule has 1 aromatic rings. The molecule has 6 heteroatoms. The van der Waals surface area contributed by atoms with E-state index < -0.39 is 0 Å². The highest BCUT2D eigenvalue weighted by atomic mass is 32.1. The third kappa shape index (κ3) is 3.86. The SMILES string of the molecule is CCc1c(C(=O)N2CCC3(CCC(=O)N(CC4CCCO4)C3)CC2)csc1C. The number of nitrogens with zero attached hydrogens (tertiary/aromatic N) is 2. The van der Waals surface area contributed by atoms with Crippen molar-refractivity contribution in [3.63, 3.8) is 0 Å². The summed E-state index contributed by atoms with van der Waals surface area (Å²) >= 11 is 1.68. The number of aryl methyl sites for hydroxylation is 1. The van der Waals surface area contributed by atoms with Gasteiger partial charge in [0.25, 0.3) is 5.91 Å². The van der Waals surface area contributed by atoms with E-state index in [9.17, 15) is 9.59 Å². The molecule has 0 saturated carbocycles. The number of piperidine rings is 2. The van der Waals surface area contributed by atoms with Gasteiger partial charge in [0.05, 0.1) is 11.7 Å². The van der Waals surface area contributed by atoms with Gasteiger partial charge < -0.3 is 14.5 Å². The maximum atomic E-state index is 13.1. The van der Waals surface area contributed by atoms with E-state index >= 15 is 0 Å². The molecular formula is C22H32N2O3S. The van der Waals surface area contributed by atoms with Gasteiger partial charge >= 0.3 is 0 Å². The predicted octanol–water partition coefficient (Wildman–Crippen LogP) is 3.64. The first-order chi connectivity index (χ1) is 13.5. The summed E-state index contributed by atoms with van der Waals surface area (Å²) in [6.07, 6.45) is 6.91. The van der Waals surface area contributed by atoms with Gasteiger partial charge in [-0.25, -0.2) is 0 Å².